The van der Waals surface area contributed by atoms with Gasteiger partial charge in [-0.15, -0.1) is 0 Å². The van der Waals surface area contributed by atoms with Crippen LogP contribution in [0.1, 0.15) is 37.7 Å². The van der Waals surface area contributed by atoms with Crippen molar-refractivity contribution in [3.8, 4) is 0 Å². The van der Waals surface area contributed by atoms with Crippen molar-refractivity contribution in [2.24, 2.45) is 11.8 Å². The van der Waals surface area contributed by atoms with Gasteiger partial charge in [-0.05, 0) is 37.2 Å². The van der Waals surface area contributed by atoms with E-state index >= 15 is 0 Å². The second-order valence-corrected chi connectivity index (χ2v) is 8.01. The van der Waals surface area contributed by atoms with Gasteiger partial charge in [-0.2, -0.15) is 0 Å². The van der Waals surface area contributed by atoms with E-state index in [1.165, 1.54) is 31.2 Å². The third kappa shape index (κ3) is 4.06. The second-order valence-electron chi connectivity index (χ2n) is 8.01. The highest BCUT2D eigenvalue weighted by Crippen LogP contribution is 2.33. The quantitative estimate of drug-likeness (QED) is 0.714. The number of ether oxygens (including phenoxy) is 1. The molecule has 3 aliphatic heterocycles. The molecule has 0 N–H and O–H groups in total. The zero-order chi connectivity index (χ0) is 17.1. The van der Waals surface area contributed by atoms with Crippen molar-refractivity contribution in [3.05, 3.63) is 35.9 Å². The fourth-order valence-corrected chi connectivity index (χ4v) is 4.46. The Labute approximate surface area is 151 Å². The number of hydrogen-bond acceptors (Lipinski definition) is 3. The van der Waals surface area contributed by atoms with Gasteiger partial charge >= 0.3 is 0 Å². The van der Waals surface area contributed by atoms with Gasteiger partial charge in [0.15, 0.2) is 0 Å². The Morgan fingerprint density at radius 3 is 2.64 bits per heavy atom. The van der Waals surface area contributed by atoms with E-state index in [-0.39, 0.29) is 5.92 Å². The van der Waals surface area contributed by atoms with Gasteiger partial charge in [-0.25, -0.2) is 0 Å². The molecule has 3 saturated heterocycles. The van der Waals surface area contributed by atoms with E-state index in [0.29, 0.717) is 18.6 Å². The minimum atomic E-state index is 0.216. The molecule has 5 rings (SSSR count). The normalized spacial score (nSPS) is 27.4. The number of amides is 1. The molecular formula is C21H30N2O2. The number of fused-ring (bicyclic) bond motifs is 4. The summed E-state index contributed by atoms with van der Waals surface area (Å²) >= 11 is 0. The number of hydrogen-bond donors (Lipinski definition) is 0. The number of piperidine rings is 1. The molecule has 1 aromatic rings. The minimum Gasteiger partial charge on any atom is -0.375 e. The highest BCUT2D eigenvalue weighted by molar-refractivity contribution is 5.80. The zero-order valence-electron chi connectivity index (χ0n) is 15.1. The van der Waals surface area contributed by atoms with Gasteiger partial charge in [-0.3, -0.25) is 9.69 Å². The molecule has 4 heteroatoms. The van der Waals surface area contributed by atoms with E-state index in [1.807, 2.05) is 18.2 Å². The van der Waals surface area contributed by atoms with Crippen LogP contribution >= 0.6 is 0 Å². The fourth-order valence-electron chi connectivity index (χ4n) is 4.46. The molecule has 1 saturated carbocycles. The van der Waals surface area contributed by atoms with Crippen LogP contribution < -0.4 is 0 Å². The average molecular weight is 342 g/mol. The van der Waals surface area contributed by atoms with Crippen LogP contribution in [-0.2, 0) is 16.1 Å². The van der Waals surface area contributed by atoms with Crippen molar-refractivity contribution in [2.75, 3.05) is 32.8 Å². The highest BCUT2D eigenvalue weighted by Gasteiger charge is 2.41. The van der Waals surface area contributed by atoms with Gasteiger partial charge in [-0.1, -0.05) is 36.8 Å². The summed E-state index contributed by atoms with van der Waals surface area (Å²) in [4.78, 5) is 17.5. The molecule has 0 unspecified atom stereocenters. The smallest absolute Gasteiger partial charge is 0.227 e. The molecule has 0 radical (unpaired) electrons. The van der Waals surface area contributed by atoms with Crippen LogP contribution in [0.5, 0.6) is 0 Å². The first-order valence-corrected chi connectivity index (χ1v) is 9.94. The van der Waals surface area contributed by atoms with Crippen LogP contribution in [-0.4, -0.2) is 54.5 Å². The molecule has 1 aliphatic carbocycles. The number of nitrogens with zero attached hydrogens (tertiary/aromatic N) is 2. The number of benzene rings is 1. The minimum absolute atomic E-state index is 0.216. The largest absolute Gasteiger partial charge is 0.375 e. The molecule has 4 aliphatic rings. The molecule has 0 aromatic heterocycles. The maximum Gasteiger partial charge on any atom is 0.227 e. The molecule has 1 amide bonds. The summed E-state index contributed by atoms with van der Waals surface area (Å²) in [6.07, 6.45) is 6.25. The molecule has 2 bridgehead atoms. The first-order chi connectivity index (χ1) is 12.3. The molecule has 1 aromatic carbocycles. The van der Waals surface area contributed by atoms with Crippen LogP contribution in [0.15, 0.2) is 30.3 Å². The van der Waals surface area contributed by atoms with E-state index in [0.717, 1.165) is 45.1 Å². The maximum atomic E-state index is 12.8. The number of carbonyl (C=O) groups excluding carboxylic acids is 1. The third-order valence-electron chi connectivity index (χ3n) is 6.21. The van der Waals surface area contributed by atoms with E-state index in [9.17, 15) is 4.79 Å². The maximum absolute atomic E-state index is 12.8. The topological polar surface area (TPSA) is 32.8 Å². The second kappa shape index (κ2) is 7.88. The average Bonchev–Trinajstić information content (AvgIpc) is 2.87. The van der Waals surface area contributed by atoms with Crippen molar-refractivity contribution in [2.45, 2.75) is 44.8 Å². The SMILES string of the molecule is O=C1[C@H]2CC[C@H](CN(CCOCc3ccccc3)C2)N1CC1CCC1. The molecule has 4 fully saturated rings. The predicted octanol–water partition coefficient (Wildman–Crippen LogP) is 2.93. The predicted molar refractivity (Wildman–Crippen MR) is 98.1 cm³/mol. The monoisotopic (exact) mass is 342 g/mol. The summed E-state index contributed by atoms with van der Waals surface area (Å²) in [6, 6.07) is 10.8. The Morgan fingerprint density at radius 2 is 1.88 bits per heavy atom. The van der Waals surface area contributed by atoms with Gasteiger partial charge in [0.25, 0.3) is 0 Å². The van der Waals surface area contributed by atoms with Crippen molar-refractivity contribution in [1.29, 1.82) is 0 Å². The van der Waals surface area contributed by atoms with E-state index in [4.69, 9.17) is 4.74 Å². The van der Waals surface area contributed by atoms with Crippen LogP contribution in [0.2, 0.25) is 0 Å². The lowest BCUT2D eigenvalue weighted by molar-refractivity contribution is -0.141. The molecule has 136 valence electrons. The van der Waals surface area contributed by atoms with E-state index in [1.54, 1.807) is 0 Å². The zero-order valence-corrected chi connectivity index (χ0v) is 15.1. The number of rotatable bonds is 7. The third-order valence-corrected chi connectivity index (χ3v) is 6.21. The Kier molecular flexibility index (Phi) is 5.37. The van der Waals surface area contributed by atoms with Crippen LogP contribution in [0, 0.1) is 11.8 Å². The molecule has 4 nitrogen and oxygen atoms in total. The van der Waals surface area contributed by atoms with Crippen molar-refractivity contribution < 1.29 is 9.53 Å². The van der Waals surface area contributed by atoms with Gasteiger partial charge < -0.3 is 9.64 Å². The molecule has 25 heavy (non-hydrogen) atoms. The molecule has 0 spiro atoms. The summed E-state index contributed by atoms with van der Waals surface area (Å²) < 4.78 is 5.86. The molecule has 3 heterocycles. The van der Waals surface area contributed by atoms with Crippen LogP contribution in [0.3, 0.4) is 0 Å². The van der Waals surface area contributed by atoms with Crippen molar-refractivity contribution in [1.82, 2.24) is 9.80 Å². The first kappa shape index (κ1) is 17.0. The van der Waals surface area contributed by atoms with Gasteiger partial charge in [0.1, 0.15) is 0 Å². The first-order valence-electron chi connectivity index (χ1n) is 9.94. The highest BCUT2D eigenvalue weighted by atomic mass is 16.5. The summed E-state index contributed by atoms with van der Waals surface area (Å²) in [5.41, 5.74) is 1.22. The lowest BCUT2D eigenvalue weighted by Crippen LogP contribution is -2.50. The van der Waals surface area contributed by atoms with Crippen LogP contribution in [0.25, 0.3) is 0 Å². The van der Waals surface area contributed by atoms with E-state index in [2.05, 4.69) is 21.9 Å². The summed E-state index contributed by atoms with van der Waals surface area (Å²) in [5.74, 6) is 1.41. The Morgan fingerprint density at radius 1 is 1.04 bits per heavy atom. The van der Waals surface area contributed by atoms with Crippen molar-refractivity contribution in [3.63, 3.8) is 0 Å². The van der Waals surface area contributed by atoms with Crippen molar-refractivity contribution >= 4 is 5.91 Å². The van der Waals surface area contributed by atoms with Gasteiger partial charge in [0, 0.05) is 32.2 Å². The Balaban J connectivity index is 1.27. The number of carbonyl (C=O) groups is 1. The standard InChI is InChI=1S/C21H30N2O2/c24-21-19-9-10-20(23(21)13-17-7-4-8-17)15-22(14-19)11-12-25-16-18-5-2-1-3-6-18/h1-3,5-6,17,19-20H,4,7-16H2/t19-,20+/m0/s1. The van der Waals surface area contributed by atoms with E-state index < -0.39 is 0 Å². The molecular weight excluding hydrogens is 312 g/mol. The summed E-state index contributed by atoms with van der Waals surface area (Å²) in [5, 5.41) is 0. The fraction of sp³-hybridized carbons (Fsp3) is 0.667. The van der Waals surface area contributed by atoms with Gasteiger partial charge in [0.05, 0.1) is 19.1 Å². The van der Waals surface area contributed by atoms with Gasteiger partial charge in [0.2, 0.25) is 5.91 Å². The summed E-state index contributed by atoms with van der Waals surface area (Å²) in [6.45, 7) is 5.32. The molecule has 2 atom stereocenters. The lowest BCUT2D eigenvalue weighted by atomic mass is 9.83. The van der Waals surface area contributed by atoms with Crippen LogP contribution in [0.4, 0.5) is 0 Å². The lowest BCUT2D eigenvalue weighted by Gasteiger charge is -2.40. The Hall–Kier alpha value is -1.39. The summed E-state index contributed by atoms with van der Waals surface area (Å²) in [7, 11) is 0. The Bertz CT molecular complexity index is 573.